The normalized spacial score (nSPS) is 11.5. The Morgan fingerprint density at radius 2 is 1.42 bits per heavy atom. The van der Waals surface area contributed by atoms with Crippen LogP contribution in [0.3, 0.4) is 0 Å². The number of aromatic nitrogens is 2. The highest BCUT2D eigenvalue weighted by Crippen LogP contribution is 2.19. The van der Waals surface area contributed by atoms with Crippen LogP contribution in [0.25, 0.3) is 0 Å². The number of nitrogens with zero attached hydrogens (tertiary/aromatic N) is 2. The van der Waals surface area contributed by atoms with Crippen LogP contribution in [-0.4, -0.2) is 63.0 Å². The van der Waals surface area contributed by atoms with Gasteiger partial charge in [-0.2, -0.15) is 31.3 Å². The number of aryl methyl sites for hydroxylation is 2. The van der Waals surface area contributed by atoms with E-state index >= 15 is 0 Å². The van der Waals surface area contributed by atoms with E-state index in [0.29, 0.717) is 31.3 Å². The molecule has 0 saturated carbocycles. The Kier molecular flexibility index (Phi) is 15.2. The standard InChI is InChI=1S/C24H30N6O.2C2HF3O2/c1-17-10-12-19(13-11-17)16-26-23(31)21(9-6-14-25)29-22-18(2)15-27-24(30-22)28-20-7-4-3-5-8-20;2*3-2(4,5)1(6)7/h3-5,7-8,10-13,15,21H,6,9,14,16,25H2,1-2H3,(H,26,31)(H2,27,28,29,30);2*(H,6,7)/t21-;;/m0../s1. The van der Waals surface area contributed by atoms with Crippen LogP contribution >= 0.6 is 0 Å². The van der Waals surface area contributed by atoms with E-state index in [4.69, 9.17) is 25.5 Å². The number of aliphatic carboxylic acids is 2. The minimum Gasteiger partial charge on any atom is -0.475 e. The molecule has 3 rings (SSSR count). The van der Waals surface area contributed by atoms with Gasteiger partial charge in [-0.1, -0.05) is 48.0 Å². The minimum absolute atomic E-state index is 0.0791. The van der Waals surface area contributed by atoms with Crippen LogP contribution in [0.4, 0.5) is 43.8 Å². The number of hydrogen-bond donors (Lipinski definition) is 6. The van der Waals surface area contributed by atoms with Crippen LogP contribution in [0.15, 0.2) is 60.8 Å². The predicted molar refractivity (Wildman–Crippen MR) is 153 cm³/mol. The summed E-state index contributed by atoms with van der Waals surface area (Å²) >= 11 is 0. The number of carbonyl (C=O) groups is 3. The summed E-state index contributed by atoms with van der Waals surface area (Å²) in [6.45, 7) is 4.95. The van der Waals surface area contributed by atoms with E-state index in [2.05, 4.69) is 25.9 Å². The van der Waals surface area contributed by atoms with E-state index in [9.17, 15) is 31.1 Å². The quantitative estimate of drug-likeness (QED) is 0.165. The van der Waals surface area contributed by atoms with E-state index in [0.717, 1.165) is 23.2 Å². The number of nitrogens with two attached hydrogens (primary N) is 1. The number of anilines is 3. The number of benzene rings is 2. The summed E-state index contributed by atoms with van der Waals surface area (Å²) in [5.74, 6) is -4.50. The highest BCUT2D eigenvalue weighted by atomic mass is 19.4. The maximum absolute atomic E-state index is 12.9. The first-order valence-corrected chi connectivity index (χ1v) is 13.0. The van der Waals surface area contributed by atoms with Crippen molar-refractivity contribution in [3.8, 4) is 0 Å². The van der Waals surface area contributed by atoms with Crippen molar-refractivity contribution in [3.63, 3.8) is 0 Å². The second kappa shape index (κ2) is 18.0. The largest absolute Gasteiger partial charge is 0.490 e. The Hall–Kier alpha value is -4.93. The molecule has 0 spiro atoms. The van der Waals surface area contributed by atoms with Gasteiger partial charge in [-0.25, -0.2) is 14.6 Å². The van der Waals surface area contributed by atoms with Crippen molar-refractivity contribution in [1.82, 2.24) is 15.3 Å². The van der Waals surface area contributed by atoms with Crippen LogP contribution in [0.2, 0.25) is 0 Å². The second-order valence-electron chi connectivity index (χ2n) is 9.15. The van der Waals surface area contributed by atoms with Crippen molar-refractivity contribution in [2.45, 2.75) is 51.6 Å². The number of carbonyl (C=O) groups excluding carboxylic acids is 1. The van der Waals surface area contributed by atoms with Crippen molar-refractivity contribution < 1.29 is 50.9 Å². The molecular weight excluding hydrogens is 614 g/mol. The molecule has 0 aliphatic rings. The maximum Gasteiger partial charge on any atom is 0.490 e. The van der Waals surface area contributed by atoms with Gasteiger partial charge < -0.3 is 31.9 Å². The monoisotopic (exact) mass is 646 g/mol. The molecular formula is C28H32F6N6O5. The second-order valence-corrected chi connectivity index (χ2v) is 9.15. The summed E-state index contributed by atoms with van der Waals surface area (Å²) in [5.41, 5.74) is 9.70. The molecule has 0 aliphatic heterocycles. The fourth-order valence-electron chi connectivity index (χ4n) is 3.07. The van der Waals surface area contributed by atoms with Crippen molar-refractivity contribution in [3.05, 3.63) is 77.5 Å². The van der Waals surface area contributed by atoms with Gasteiger partial charge in [-0.05, 0) is 50.9 Å². The van der Waals surface area contributed by atoms with E-state index in [1.165, 1.54) is 5.56 Å². The average molecular weight is 647 g/mol. The summed E-state index contributed by atoms with van der Waals surface area (Å²) in [6.07, 6.45) is -7.08. The molecule has 7 N–H and O–H groups in total. The highest BCUT2D eigenvalue weighted by Gasteiger charge is 2.38. The molecule has 1 atom stereocenters. The van der Waals surface area contributed by atoms with Crippen LogP contribution in [0.1, 0.15) is 29.5 Å². The number of hydrogen-bond acceptors (Lipinski definition) is 8. The third-order valence-corrected chi connectivity index (χ3v) is 5.40. The van der Waals surface area contributed by atoms with Gasteiger partial charge in [0.2, 0.25) is 11.9 Å². The molecule has 1 amide bonds. The lowest BCUT2D eigenvalue weighted by molar-refractivity contribution is -0.193. The fourth-order valence-corrected chi connectivity index (χ4v) is 3.07. The number of alkyl halides is 6. The smallest absolute Gasteiger partial charge is 0.475 e. The molecule has 1 heterocycles. The molecule has 0 fully saturated rings. The van der Waals surface area contributed by atoms with Crippen LogP contribution in [0.5, 0.6) is 0 Å². The molecule has 11 nitrogen and oxygen atoms in total. The molecule has 246 valence electrons. The lowest BCUT2D eigenvalue weighted by atomic mass is 10.1. The molecule has 0 aliphatic carbocycles. The summed E-state index contributed by atoms with van der Waals surface area (Å²) < 4.78 is 63.5. The Morgan fingerprint density at radius 1 is 0.889 bits per heavy atom. The van der Waals surface area contributed by atoms with Gasteiger partial charge in [-0.15, -0.1) is 0 Å². The van der Waals surface area contributed by atoms with Crippen molar-refractivity contribution in [2.24, 2.45) is 5.73 Å². The van der Waals surface area contributed by atoms with E-state index < -0.39 is 30.3 Å². The van der Waals surface area contributed by atoms with E-state index in [1.807, 2.05) is 68.4 Å². The van der Waals surface area contributed by atoms with E-state index in [-0.39, 0.29) is 5.91 Å². The SMILES string of the molecule is Cc1ccc(CNC(=O)[C@H](CCCN)Nc2nc(Nc3ccccc3)ncc2C)cc1.O=C(O)C(F)(F)F.O=C(O)C(F)(F)F. The first-order chi connectivity index (χ1) is 20.9. The zero-order chi connectivity index (χ0) is 34.2. The van der Waals surface area contributed by atoms with Gasteiger partial charge >= 0.3 is 24.3 Å². The molecule has 17 heteroatoms. The number of carboxylic acid groups (broad SMARTS) is 2. The lowest BCUT2D eigenvalue weighted by Crippen LogP contribution is -2.40. The van der Waals surface area contributed by atoms with Gasteiger partial charge in [0.15, 0.2) is 0 Å². The molecule has 0 unspecified atom stereocenters. The maximum atomic E-state index is 12.9. The number of halogens is 6. The van der Waals surface area contributed by atoms with Crippen LogP contribution in [-0.2, 0) is 20.9 Å². The Bertz CT molecular complexity index is 1350. The Morgan fingerprint density at radius 3 is 1.91 bits per heavy atom. The number of rotatable bonds is 10. The first-order valence-electron chi connectivity index (χ1n) is 13.0. The number of para-hydroxylation sites is 1. The fraction of sp³-hybridized carbons (Fsp3) is 0.321. The lowest BCUT2D eigenvalue weighted by Gasteiger charge is -2.20. The van der Waals surface area contributed by atoms with Gasteiger partial charge in [0.05, 0.1) is 0 Å². The van der Waals surface area contributed by atoms with Gasteiger partial charge in [0.25, 0.3) is 0 Å². The van der Waals surface area contributed by atoms with Crippen molar-refractivity contribution >= 4 is 35.3 Å². The number of nitrogens with one attached hydrogen (secondary N) is 3. The van der Waals surface area contributed by atoms with Gasteiger partial charge in [-0.3, -0.25) is 4.79 Å². The molecule has 0 bridgehead atoms. The Labute approximate surface area is 253 Å². The summed E-state index contributed by atoms with van der Waals surface area (Å²) in [5, 5.41) is 23.8. The van der Waals surface area contributed by atoms with E-state index in [1.54, 1.807) is 6.20 Å². The van der Waals surface area contributed by atoms with Crippen molar-refractivity contribution in [2.75, 3.05) is 17.2 Å². The highest BCUT2D eigenvalue weighted by molar-refractivity contribution is 5.84. The first kappa shape index (κ1) is 38.1. The molecule has 0 radical (unpaired) electrons. The number of amides is 1. The van der Waals surface area contributed by atoms with Gasteiger partial charge in [0.1, 0.15) is 11.9 Å². The summed E-state index contributed by atoms with van der Waals surface area (Å²) in [6, 6.07) is 17.4. The van der Waals surface area contributed by atoms with Crippen molar-refractivity contribution in [1.29, 1.82) is 0 Å². The zero-order valence-electron chi connectivity index (χ0n) is 24.0. The third kappa shape index (κ3) is 15.4. The third-order valence-electron chi connectivity index (χ3n) is 5.40. The summed E-state index contributed by atoms with van der Waals surface area (Å²) in [7, 11) is 0. The van der Waals surface area contributed by atoms with Crippen LogP contribution < -0.4 is 21.7 Å². The molecule has 0 saturated heterocycles. The van der Waals surface area contributed by atoms with Gasteiger partial charge in [0, 0.05) is 24.0 Å². The zero-order valence-corrected chi connectivity index (χ0v) is 24.0. The predicted octanol–water partition coefficient (Wildman–Crippen LogP) is 4.94. The molecule has 45 heavy (non-hydrogen) atoms. The molecule has 2 aromatic carbocycles. The average Bonchev–Trinajstić information content (AvgIpc) is 2.96. The number of carboxylic acids is 2. The topological polar surface area (TPSA) is 180 Å². The summed E-state index contributed by atoms with van der Waals surface area (Å²) in [4.78, 5) is 39.6. The molecule has 3 aromatic rings. The van der Waals surface area contributed by atoms with Crippen LogP contribution in [0, 0.1) is 13.8 Å². The Balaban J connectivity index is 0.000000601. The minimum atomic E-state index is -5.08. The molecule has 1 aromatic heterocycles.